The third kappa shape index (κ3) is 5.35. The summed E-state index contributed by atoms with van der Waals surface area (Å²) in [4.78, 5) is 29.5. The van der Waals surface area contributed by atoms with Crippen molar-refractivity contribution in [1.29, 1.82) is 0 Å². The van der Waals surface area contributed by atoms with E-state index in [1.807, 2.05) is 10.3 Å². The van der Waals surface area contributed by atoms with Crippen molar-refractivity contribution < 1.29 is 22.4 Å². The second kappa shape index (κ2) is 8.70. The summed E-state index contributed by atoms with van der Waals surface area (Å²) in [6.45, 7) is 1.40. The van der Waals surface area contributed by atoms with Gasteiger partial charge in [-0.3, -0.25) is 15.0 Å². The molecular formula is C18H21ClFN5O4S. The average Bonchev–Trinajstić information content (AvgIpc) is 3.06. The highest BCUT2D eigenvalue weighted by Gasteiger charge is 2.33. The van der Waals surface area contributed by atoms with Gasteiger partial charge >= 0.3 is 0 Å². The summed E-state index contributed by atoms with van der Waals surface area (Å²) in [5.41, 5.74) is 2.49. The predicted octanol–water partition coefficient (Wildman–Crippen LogP) is 1.36. The van der Waals surface area contributed by atoms with E-state index >= 15 is 0 Å². The fraction of sp³-hybridized carbons (Fsp3) is 0.389. The van der Waals surface area contributed by atoms with Gasteiger partial charge in [0.1, 0.15) is 0 Å². The maximum Gasteiger partial charge on any atom is 0.269 e. The molecule has 12 heteroatoms. The number of carbonyl (C=O) groups excluding carboxylic acids is 2. The molecule has 3 rings (SSSR count). The zero-order chi connectivity index (χ0) is 22.1. The number of carbonyl (C=O) groups is 2. The van der Waals surface area contributed by atoms with E-state index in [9.17, 15) is 22.4 Å². The van der Waals surface area contributed by atoms with E-state index in [2.05, 4.69) is 10.3 Å². The van der Waals surface area contributed by atoms with E-state index in [-0.39, 0.29) is 28.6 Å². The van der Waals surface area contributed by atoms with Gasteiger partial charge in [-0.25, -0.2) is 17.8 Å². The number of rotatable bonds is 7. The average molecular weight is 458 g/mol. The van der Waals surface area contributed by atoms with Crippen LogP contribution in [0.3, 0.4) is 0 Å². The molecule has 1 aliphatic carbocycles. The third-order valence-electron chi connectivity index (χ3n) is 4.69. The molecule has 0 aliphatic heterocycles. The number of aromatic nitrogens is 2. The van der Waals surface area contributed by atoms with Gasteiger partial charge in [0.05, 0.1) is 28.4 Å². The van der Waals surface area contributed by atoms with E-state index in [0.29, 0.717) is 24.1 Å². The van der Waals surface area contributed by atoms with Crippen LogP contribution in [0.4, 0.5) is 4.39 Å². The molecule has 1 fully saturated rings. The van der Waals surface area contributed by atoms with Crippen LogP contribution in [0.1, 0.15) is 30.1 Å². The van der Waals surface area contributed by atoms with Crippen LogP contribution in [0, 0.1) is 11.7 Å². The lowest BCUT2D eigenvalue weighted by Crippen LogP contribution is -2.49. The molecule has 3 N–H and O–H groups in total. The molecule has 162 valence electrons. The zero-order valence-electron chi connectivity index (χ0n) is 16.3. The summed E-state index contributed by atoms with van der Waals surface area (Å²) in [6.07, 6.45) is 4.27. The van der Waals surface area contributed by atoms with Crippen LogP contribution in [0.2, 0.25) is 5.02 Å². The molecule has 1 aliphatic rings. The van der Waals surface area contributed by atoms with Crippen molar-refractivity contribution in [3.8, 4) is 11.3 Å². The summed E-state index contributed by atoms with van der Waals surface area (Å²) >= 11 is 5.90. The van der Waals surface area contributed by atoms with Gasteiger partial charge in [-0.2, -0.15) is 0 Å². The minimum atomic E-state index is -3.84. The molecular weight excluding hydrogens is 437 g/mol. The highest BCUT2D eigenvalue weighted by molar-refractivity contribution is 7.89. The number of nitrogens with one attached hydrogen (secondary N) is 3. The Bertz CT molecular complexity index is 1080. The number of hydrogen-bond acceptors (Lipinski definition) is 5. The van der Waals surface area contributed by atoms with E-state index in [1.165, 1.54) is 25.4 Å². The normalized spacial score (nSPS) is 18.5. The molecule has 0 radical (unpaired) electrons. The van der Waals surface area contributed by atoms with Crippen LogP contribution >= 0.6 is 11.6 Å². The maximum atomic E-state index is 14.4. The predicted molar refractivity (Wildman–Crippen MR) is 108 cm³/mol. The highest BCUT2D eigenvalue weighted by Crippen LogP contribution is 2.29. The number of halogens is 2. The van der Waals surface area contributed by atoms with Crippen molar-refractivity contribution in [2.75, 3.05) is 5.75 Å². The largest absolute Gasteiger partial charge is 0.354 e. The Balaban J connectivity index is 1.63. The monoisotopic (exact) mass is 457 g/mol. The van der Waals surface area contributed by atoms with Crippen molar-refractivity contribution in [2.45, 2.75) is 25.8 Å². The fourth-order valence-electron chi connectivity index (χ4n) is 3.28. The first-order valence-electron chi connectivity index (χ1n) is 9.08. The molecule has 2 amide bonds. The molecule has 0 saturated heterocycles. The van der Waals surface area contributed by atoms with Crippen molar-refractivity contribution in [3.05, 3.63) is 41.1 Å². The Morgan fingerprint density at radius 3 is 2.63 bits per heavy atom. The molecule has 0 atom stereocenters. The van der Waals surface area contributed by atoms with E-state index in [1.54, 1.807) is 17.8 Å². The van der Waals surface area contributed by atoms with E-state index in [0.717, 1.165) is 0 Å². The molecule has 30 heavy (non-hydrogen) atoms. The smallest absolute Gasteiger partial charge is 0.269 e. The van der Waals surface area contributed by atoms with Crippen LogP contribution < -0.4 is 15.6 Å². The summed E-state index contributed by atoms with van der Waals surface area (Å²) in [5.74, 6) is -2.48. The minimum Gasteiger partial charge on any atom is -0.354 e. The van der Waals surface area contributed by atoms with Gasteiger partial charge in [-0.05, 0) is 30.9 Å². The number of hydrogen-bond donors (Lipinski definition) is 3. The summed E-state index contributed by atoms with van der Waals surface area (Å²) < 4.78 is 40.4. The maximum absolute atomic E-state index is 14.4. The van der Waals surface area contributed by atoms with Crippen LogP contribution in [0.15, 0.2) is 24.7 Å². The number of imidazole rings is 1. The lowest BCUT2D eigenvalue weighted by atomic mass is 9.82. The van der Waals surface area contributed by atoms with Crippen LogP contribution in [0.25, 0.3) is 11.3 Å². The van der Waals surface area contributed by atoms with Crippen molar-refractivity contribution in [3.63, 3.8) is 0 Å². The van der Waals surface area contributed by atoms with E-state index in [4.69, 9.17) is 11.6 Å². The number of hydrazine groups is 1. The molecule has 2 aromatic rings. The first kappa shape index (κ1) is 22.2. The second-order valence-corrected chi connectivity index (χ2v) is 9.49. The summed E-state index contributed by atoms with van der Waals surface area (Å²) in [5, 5.41) is 2.43. The zero-order valence-corrected chi connectivity index (χ0v) is 17.8. The van der Waals surface area contributed by atoms with Gasteiger partial charge in [-0.15, -0.1) is 4.83 Å². The number of amides is 2. The van der Waals surface area contributed by atoms with Gasteiger partial charge in [0.2, 0.25) is 15.9 Å². The Morgan fingerprint density at radius 2 is 2.03 bits per heavy atom. The standard InChI is InChI=1S/C18H21ClFN5O4S/c1-10(26)22-13-3-11(4-13)8-30(28,29)24-23-18(27)14-5-12(6-15(19)17(14)20)16-7-25(2)9-21-16/h5-7,9,11,13,24H,3-4,8H2,1-2H3,(H,22,26)(H,23,27). The number of nitrogens with zero attached hydrogens (tertiary/aromatic N) is 2. The van der Waals surface area contributed by atoms with Crippen molar-refractivity contribution in [1.82, 2.24) is 25.1 Å². The van der Waals surface area contributed by atoms with Crippen molar-refractivity contribution >= 4 is 33.4 Å². The quantitative estimate of drug-likeness (QED) is 0.542. The topological polar surface area (TPSA) is 122 Å². The van der Waals surface area contributed by atoms with Crippen LogP contribution in [-0.2, 0) is 21.9 Å². The van der Waals surface area contributed by atoms with E-state index < -0.39 is 27.3 Å². The third-order valence-corrected chi connectivity index (χ3v) is 6.29. The number of sulfonamides is 1. The molecule has 0 unspecified atom stereocenters. The van der Waals surface area contributed by atoms with Gasteiger partial charge in [0.25, 0.3) is 5.91 Å². The summed E-state index contributed by atoms with van der Waals surface area (Å²) in [6, 6.07) is 2.54. The lowest BCUT2D eigenvalue weighted by Gasteiger charge is -2.35. The molecule has 0 spiro atoms. The number of benzene rings is 1. The minimum absolute atomic E-state index is 0.0390. The number of aryl methyl sites for hydroxylation is 1. The van der Waals surface area contributed by atoms with Gasteiger partial charge in [0.15, 0.2) is 5.82 Å². The van der Waals surface area contributed by atoms with Gasteiger partial charge < -0.3 is 9.88 Å². The second-order valence-electron chi connectivity index (χ2n) is 7.32. The Labute approximate surface area is 178 Å². The van der Waals surface area contributed by atoms with Gasteiger partial charge in [0, 0.05) is 31.8 Å². The van der Waals surface area contributed by atoms with Crippen molar-refractivity contribution in [2.24, 2.45) is 13.0 Å². The first-order valence-corrected chi connectivity index (χ1v) is 11.1. The molecule has 1 aromatic carbocycles. The molecule has 1 aromatic heterocycles. The SMILES string of the molecule is CC(=O)NC1CC(CS(=O)(=O)NNC(=O)c2cc(-c3cn(C)cn3)cc(Cl)c2F)C1. The molecule has 0 bridgehead atoms. The molecule has 1 saturated carbocycles. The highest BCUT2D eigenvalue weighted by atomic mass is 35.5. The Morgan fingerprint density at radius 1 is 1.33 bits per heavy atom. The van der Waals surface area contributed by atoms with Gasteiger partial charge in [-0.1, -0.05) is 11.6 Å². The molecule has 1 heterocycles. The first-order chi connectivity index (χ1) is 14.0. The van der Waals surface area contributed by atoms with Crippen LogP contribution in [0.5, 0.6) is 0 Å². The fourth-order valence-corrected chi connectivity index (χ4v) is 4.73. The lowest BCUT2D eigenvalue weighted by molar-refractivity contribution is -0.120. The van der Waals surface area contributed by atoms with Crippen LogP contribution in [-0.4, -0.2) is 41.6 Å². The Hall–Kier alpha value is -2.50. The molecule has 9 nitrogen and oxygen atoms in total. The summed E-state index contributed by atoms with van der Waals surface area (Å²) in [7, 11) is -2.09. The Kier molecular flexibility index (Phi) is 6.44.